The molecule has 4 aliphatic carbocycles. The summed E-state index contributed by atoms with van der Waals surface area (Å²) in [6, 6.07) is 25.1. The van der Waals surface area contributed by atoms with Crippen molar-refractivity contribution in [3.63, 3.8) is 0 Å². The van der Waals surface area contributed by atoms with Gasteiger partial charge in [-0.2, -0.15) is 0 Å². The number of benzene rings is 3. The second kappa shape index (κ2) is 9.07. The lowest BCUT2D eigenvalue weighted by Crippen LogP contribution is -2.48. The fraction of sp³-hybridized carbons (Fsp3) is 0.387. The molecular formula is C31H35N3O. The van der Waals surface area contributed by atoms with Crippen LogP contribution < -0.4 is 16.0 Å². The first-order chi connectivity index (χ1) is 17.1. The number of carbonyl (C=O) groups is 1. The van der Waals surface area contributed by atoms with Crippen LogP contribution in [0, 0.1) is 17.8 Å². The van der Waals surface area contributed by atoms with E-state index in [0.717, 1.165) is 40.5 Å². The van der Waals surface area contributed by atoms with E-state index in [1.54, 1.807) is 5.56 Å². The third-order valence-electron chi connectivity index (χ3n) is 8.50. The lowest BCUT2D eigenvalue weighted by Gasteiger charge is -2.57. The molecule has 3 aromatic rings. The molecule has 7 rings (SSSR count). The van der Waals surface area contributed by atoms with Crippen LogP contribution in [0.25, 0.3) is 0 Å². The van der Waals surface area contributed by atoms with Crippen LogP contribution >= 0.6 is 0 Å². The summed E-state index contributed by atoms with van der Waals surface area (Å²) in [5, 5.41) is 9.81. The molecule has 0 aromatic heterocycles. The molecule has 0 atom stereocenters. The number of para-hydroxylation sites is 1. The highest BCUT2D eigenvalue weighted by Gasteiger charge is 2.51. The van der Waals surface area contributed by atoms with E-state index in [4.69, 9.17) is 0 Å². The maximum absolute atomic E-state index is 12.4. The Labute approximate surface area is 208 Å². The molecule has 0 aliphatic heterocycles. The molecule has 4 heteroatoms. The first kappa shape index (κ1) is 22.2. The maximum Gasteiger partial charge on any atom is 0.253 e. The highest BCUT2D eigenvalue weighted by molar-refractivity contribution is 6.00. The Morgan fingerprint density at radius 1 is 0.743 bits per heavy atom. The Morgan fingerprint density at radius 2 is 1.26 bits per heavy atom. The summed E-state index contributed by atoms with van der Waals surface area (Å²) in [5.41, 5.74) is 6.59. The largest absolute Gasteiger partial charge is 0.356 e. The summed E-state index contributed by atoms with van der Waals surface area (Å²) in [6.45, 7) is 2.54. The smallest absolute Gasteiger partial charge is 0.253 e. The molecule has 0 saturated heterocycles. The molecule has 0 spiro atoms. The van der Waals surface area contributed by atoms with Crippen LogP contribution in [0.4, 0.5) is 22.7 Å². The molecule has 4 saturated carbocycles. The summed E-state index contributed by atoms with van der Waals surface area (Å²) in [7, 11) is 0. The lowest BCUT2D eigenvalue weighted by molar-refractivity contribution is -0.00518. The lowest BCUT2D eigenvalue weighted by atomic mass is 9.48. The molecule has 4 aliphatic rings. The van der Waals surface area contributed by atoms with Crippen molar-refractivity contribution < 1.29 is 4.79 Å². The van der Waals surface area contributed by atoms with Gasteiger partial charge >= 0.3 is 0 Å². The first-order valence-electron chi connectivity index (χ1n) is 13.2. The third-order valence-corrected chi connectivity index (χ3v) is 8.50. The minimum Gasteiger partial charge on any atom is -0.356 e. The third kappa shape index (κ3) is 4.42. The topological polar surface area (TPSA) is 53.2 Å². The zero-order chi connectivity index (χ0) is 23.8. The number of anilines is 4. The van der Waals surface area contributed by atoms with E-state index in [-0.39, 0.29) is 5.91 Å². The van der Waals surface area contributed by atoms with E-state index in [2.05, 4.69) is 52.3 Å². The van der Waals surface area contributed by atoms with Gasteiger partial charge in [-0.3, -0.25) is 4.79 Å². The predicted molar refractivity (Wildman–Crippen MR) is 144 cm³/mol. The van der Waals surface area contributed by atoms with Crippen LogP contribution in [-0.4, -0.2) is 12.5 Å². The second-order valence-corrected chi connectivity index (χ2v) is 11.0. The summed E-state index contributed by atoms with van der Waals surface area (Å²) >= 11 is 0. The van der Waals surface area contributed by atoms with Gasteiger partial charge in [0.2, 0.25) is 0 Å². The van der Waals surface area contributed by atoms with Crippen molar-refractivity contribution in [3.8, 4) is 0 Å². The summed E-state index contributed by atoms with van der Waals surface area (Å²) < 4.78 is 0. The Hall–Kier alpha value is -3.27. The number of nitrogens with one attached hydrogen (secondary N) is 3. The van der Waals surface area contributed by atoms with Gasteiger partial charge in [0.1, 0.15) is 0 Å². The fourth-order valence-corrected chi connectivity index (χ4v) is 7.38. The van der Waals surface area contributed by atoms with Crippen molar-refractivity contribution in [1.82, 2.24) is 5.32 Å². The van der Waals surface area contributed by atoms with E-state index in [1.807, 2.05) is 43.3 Å². The van der Waals surface area contributed by atoms with Crippen LogP contribution in [-0.2, 0) is 5.41 Å². The number of rotatable bonds is 7. The van der Waals surface area contributed by atoms with Gasteiger partial charge in [-0.05, 0) is 123 Å². The van der Waals surface area contributed by atoms with Gasteiger partial charge in [-0.15, -0.1) is 0 Å². The summed E-state index contributed by atoms with van der Waals surface area (Å²) in [5.74, 6) is 2.85. The van der Waals surface area contributed by atoms with Crippen LogP contribution in [0.5, 0.6) is 0 Å². The molecule has 0 radical (unpaired) electrons. The van der Waals surface area contributed by atoms with E-state index in [9.17, 15) is 4.79 Å². The quantitative estimate of drug-likeness (QED) is 0.341. The molecule has 3 aromatic carbocycles. The van der Waals surface area contributed by atoms with Gasteiger partial charge in [0.25, 0.3) is 5.91 Å². The number of hydrogen-bond acceptors (Lipinski definition) is 3. The Morgan fingerprint density at radius 3 is 1.83 bits per heavy atom. The SMILES string of the molecule is CCNC(=O)c1ccccc1Nc1ccc(Nc2ccc(C34CC5CC(CC(C5)C3)C4)cc2)cc1. The van der Waals surface area contributed by atoms with Gasteiger partial charge in [0.05, 0.1) is 11.3 Å². The van der Waals surface area contributed by atoms with E-state index < -0.39 is 0 Å². The number of hydrogen-bond donors (Lipinski definition) is 3. The molecular weight excluding hydrogens is 430 g/mol. The molecule has 4 bridgehead atoms. The molecule has 0 heterocycles. The minimum absolute atomic E-state index is 0.0640. The van der Waals surface area contributed by atoms with Crippen molar-refractivity contribution in [3.05, 3.63) is 83.9 Å². The summed E-state index contributed by atoms with van der Waals surface area (Å²) in [4.78, 5) is 12.4. The molecule has 180 valence electrons. The first-order valence-corrected chi connectivity index (χ1v) is 13.2. The predicted octanol–water partition coefficient (Wildman–Crippen LogP) is 7.39. The van der Waals surface area contributed by atoms with Gasteiger partial charge in [-0.1, -0.05) is 24.3 Å². The Kier molecular flexibility index (Phi) is 5.75. The fourth-order valence-electron chi connectivity index (χ4n) is 7.38. The molecule has 3 N–H and O–H groups in total. The second-order valence-electron chi connectivity index (χ2n) is 11.0. The van der Waals surface area contributed by atoms with Crippen LogP contribution in [0.1, 0.15) is 61.4 Å². The monoisotopic (exact) mass is 465 g/mol. The molecule has 35 heavy (non-hydrogen) atoms. The number of amides is 1. The van der Waals surface area contributed by atoms with Crippen molar-refractivity contribution >= 4 is 28.7 Å². The minimum atomic E-state index is -0.0640. The Bertz CT molecular complexity index is 1160. The van der Waals surface area contributed by atoms with E-state index >= 15 is 0 Å². The molecule has 4 nitrogen and oxygen atoms in total. The standard InChI is InChI=1S/C31H35N3O/c1-2-32-30(35)28-5-3-4-6-29(28)34-27-13-11-26(12-14-27)33-25-9-7-24(8-10-25)31-18-21-15-22(19-31)17-23(16-21)20-31/h3-14,21-23,33-34H,2,15-20H2,1H3,(H,32,35). The average Bonchev–Trinajstić information content (AvgIpc) is 2.85. The van der Waals surface area contributed by atoms with Gasteiger partial charge < -0.3 is 16.0 Å². The van der Waals surface area contributed by atoms with Gasteiger partial charge in [-0.25, -0.2) is 0 Å². The molecule has 4 fully saturated rings. The molecule has 0 unspecified atom stereocenters. The molecule has 1 amide bonds. The average molecular weight is 466 g/mol. The van der Waals surface area contributed by atoms with Crippen LogP contribution in [0.3, 0.4) is 0 Å². The Balaban J connectivity index is 1.12. The zero-order valence-corrected chi connectivity index (χ0v) is 20.5. The normalized spacial score (nSPS) is 26.4. The van der Waals surface area contributed by atoms with Crippen molar-refractivity contribution in [2.45, 2.75) is 50.9 Å². The van der Waals surface area contributed by atoms with Crippen molar-refractivity contribution in [2.24, 2.45) is 17.8 Å². The van der Waals surface area contributed by atoms with Crippen LogP contribution in [0.2, 0.25) is 0 Å². The zero-order valence-electron chi connectivity index (χ0n) is 20.5. The van der Waals surface area contributed by atoms with Gasteiger partial charge in [0.15, 0.2) is 0 Å². The van der Waals surface area contributed by atoms with E-state index in [1.165, 1.54) is 38.5 Å². The number of carbonyl (C=O) groups excluding carboxylic acids is 1. The highest BCUT2D eigenvalue weighted by Crippen LogP contribution is 2.60. The maximum atomic E-state index is 12.4. The van der Waals surface area contributed by atoms with Crippen molar-refractivity contribution in [1.29, 1.82) is 0 Å². The van der Waals surface area contributed by atoms with Crippen molar-refractivity contribution in [2.75, 3.05) is 17.2 Å². The summed E-state index contributed by atoms with van der Waals surface area (Å²) in [6.07, 6.45) is 8.68. The van der Waals surface area contributed by atoms with Gasteiger partial charge in [0, 0.05) is 23.6 Å². The van der Waals surface area contributed by atoms with Crippen LogP contribution in [0.15, 0.2) is 72.8 Å². The van der Waals surface area contributed by atoms with E-state index in [0.29, 0.717) is 17.5 Å². The highest BCUT2D eigenvalue weighted by atomic mass is 16.1.